The van der Waals surface area contributed by atoms with Crippen LogP contribution in [0.1, 0.15) is 23.2 Å². The number of aromatic nitrogens is 1. The van der Waals surface area contributed by atoms with Gasteiger partial charge in [0.1, 0.15) is 0 Å². The van der Waals surface area contributed by atoms with Crippen molar-refractivity contribution in [3.05, 3.63) is 42.1 Å². The zero-order valence-electron chi connectivity index (χ0n) is 14.6. The predicted octanol–water partition coefficient (Wildman–Crippen LogP) is 1.63. The molecule has 0 spiro atoms. The number of likely N-dealkylation sites (N-methyl/N-ethyl adjacent to an activating group) is 1. The Balaban J connectivity index is 1.61. The number of carboxylic acid groups (broad SMARTS) is 1. The van der Waals surface area contributed by atoms with Gasteiger partial charge in [0.15, 0.2) is 0 Å². The van der Waals surface area contributed by atoms with Crippen molar-refractivity contribution in [2.45, 2.75) is 12.8 Å². The summed E-state index contributed by atoms with van der Waals surface area (Å²) in [5.74, 6) is -1.59. The number of amides is 2. The summed E-state index contributed by atoms with van der Waals surface area (Å²) in [4.78, 5) is 43.3. The van der Waals surface area contributed by atoms with Crippen molar-refractivity contribution in [1.29, 1.82) is 0 Å². The molecule has 7 nitrogen and oxygen atoms in total. The van der Waals surface area contributed by atoms with Crippen LogP contribution >= 0.6 is 0 Å². The van der Waals surface area contributed by atoms with E-state index in [4.69, 9.17) is 5.11 Å². The summed E-state index contributed by atoms with van der Waals surface area (Å²) in [5, 5.41) is 9.89. The van der Waals surface area contributed by atoms with E-state index in [1.165, 1.54) is 4.90 Å². The lowest BCUT2D eigenvalue weighted by Crippen LogP contribution is -2.45. The van der Waals surface area contributed by atoms with Gasteiger partial charge < -0.3 is 14.9 Å². The Morgan fingerprint density at radius 3 is 2.65 bits per heavy atom. The molecule has 7 heteroatoms. The number of benzene rings is 1. The van der Waals surface area contributed by atoms with E-state index in [0.29, 0.717) is 31.5 Å². The fraction of sp³-hybridized carbons (Fsp3) is 0.368. The van der Waals surface area contributed by atoms with E-state index in [2.05, 4.69) is 4.98 Å². The van der Waals surface area contributed by atoms with Crippen LogP contribution in [0.15, 0.2) is 36.5 Å². The summed E-state index contributed by atoms with van der Waals surface area (Å²) in [7, 11) is 1.59. The van der Waals surface area contributed by atoms with Crippen molar-refractivity contribution in [3.8, 4) is 0 Å². The van der Waals surface area contributed by atoms with Crippen molar-refractivity contribution in [1.82, 2.24) is 14.8 Å². The number of rotatable bonds is 4. The highest BCUT2D eigenvalue weighted by atomic mass is 16.4. The van der Waals surface area contributed by atoms with Crippen LogP contribution in [0, 0.1) is 5.92 Å². The molecule has 1 aliphatic heterocycles. The molecule has 0 saturated carbocycles. The average Bonchev–Trinajstić information content (AvgIpc) is 2.67. The molecule has 1 aromatic carbocycles. The number of hydrogen-bond donors (Lipinski definition) is 1. The second-order valence-electron chi connectivity index (χ2n) is 6.57. The van der Waals surface area contributed by atoms with Gasteiger partial charge in [-0.1, -0.05) is 6.07 Å². The molecular formula is C19H21N3O4. The summed E-state index contributed by atoms with van der Waals surface area (Å²) in [5.41, 5.74) is 1.31. The number of carboxylic acids is 1. The Kier molecular flexibility index (Phi) is 5.16. The van der Waals surface area contributed by atoms with Gasteiger partial charge in [-0.05, 0) is 37.1 Å². The SMILES string of the molecule is CN(CC(=O)N1CCC(C(=O)O)CC1)C(=O)c1ccc2ncccc2c1. The molecule has 0 radical (unpaired) electrons. The van der Waals surface area contributed by atoms with Crippen LogP contribution in [0.2, 0.25) is 0 Å². The molecule has 1 saturated heterocycles. The number of aliphatic carboxylic acids is 1. The van der Waals surface area contributed by atoms with E-state index in [1.807, 2.05) is 12.1 Å². The molecule has 1 fully saturated rings. The van der Waals surface area contributed by atoms with Gasteiger partial charge in [0.2, 0.25) is 5.91 Å². The van der Waals surface area contributed by atoms with Gasteiger partial charge in [0.25, 0.3) is 5.91 Å². The topological polar surface area (TPSA) is 90.8 Å². The minimum Gasteiger partial charge on any atom is -0.481 e. The lowest BCUT2D eigenvalue weighted by molar-refractivity contribution is -0.145. The number of fused-ring (bicyclic) bond motifs is 1. The van der Waals surface area contributed by atoms with E-state index in [1.54, 1.807) is 36.3 Å². The van der Waals surface area contributed by atoms with Crippen molar-refractivity contribution in [3.63, 3.8) is 0 Å². The standard InChI is InChI=1S/C19H21N3O4/c1-21(12-17(23)22-9-6-13(7-10-22)19(25)26)18(24)15-4-5-16-14(11-15)3-2-8-20-16/h2-5,8,11,13H,6-7,9-10,12H2,1H3,(H,25,26). The maximum absolute atomic E-state index is 12.6. The summed E-state index contributed by atoms with van der Waals surface area (Å²) in [6.45, 7) is 0.806. The Labute approximate surface area is 151 Å². The van der Waals surface area contributed by atoms with Crippen LogP contribution in [0.5, 0.6) is 0 Å². The third-order valence-corrected chi connectivity index (χ3v) is 4.77. The zero-order valence-corrected chi connectivity index (χ0v) is 14.6. The van der Waals surface area contributed by atoms with Crippen LogP contribution in [0.4, 0.5) is 0 Å². The van der Waals surface area contributed by atoms with E-state index in [9.17, 15) is 14.4 Å². The zero-order chi connectivity index (χ0) is 18.7. The van der Waals surface area contributed by atoms with E-state index < -0.39 is 5.97 Å². The Hall–Kier alpha value is -2.96. The Bertz CT molecular complexity index is 844. The van der Waals surface area contributed by atoms with E-state index >= 15 is 0 Å². The first-order valence-corrected chi connectivity index (χ1v) is 8.56. The number of nitrogens with zero attached hydrogens (tertiary/aromatic N) is 3. The average molecular weight is 355 g/mol. The van der Waals surface area contributed by atoms with E-state index in [-0.39, 0.29) is 24.3 Å². The third-order valence-electron chi connectivity index (χ3n) is 4.77. The normalized spacial score (nSPS) is 15.0. The van der Waals surface area contributed by atoms with E-state index in [0.717, 1.165) is 10.9 Å². The first-order chi connectivity index (χ1) is 12.5. The molecule has 2 amide bonds. The molecule has 2 aromatic rings. The highest BCUT2D eigenvalue weighted by Gasteiger charge is 2.28. The number of likely N-dealkylation sites (tertiary alicyclic amines) is 1. The van der Waals surface area contributed by atoms with Crippen molar-refractivity contribution in [2.75, 3.05) is 26.7 Å². The lowest BCUT2D eigenvalue weighted by Gasteiger charge is -2.31. The third kappa shape index (κ3) is 3.82. The number of carbonyl (C=O) groups is 3. The molecule has 3 rings (SSSR count). The van der Waals surface area contributed by atoms with Crippen molar-refractivity contribution in [2.24, 2.45) is 5.92 Å². The van der Waals surface area contributed by atoms with Gasteiger partial charge >= 0.3 is 5.97 Å². The first-order valence-electron chi connectivity index (χ1n) is 8.56. The molecule has 1 aromatic heterocycles. The second-order valence-corrected chi connectivity index (χ2v) is 6.57. The molecule has 0 bridgehead atoms. The molecule has 1 aliphatic rings. The maximum Gasteiger partial charge on any atom is 0.306 e. The summed E-state index contributed by atoms with van der Waals surface area (Å²) < 4.78 is 0. The van der Waals surface area contributed by atoms with Gasteiger partial charge in [-0.15, -0.1) is 0 Å². The predicted molar refractivity (Wildman–Crippen MR) is 95.6 cm³/mol. The fourth-order valence-electron chi connectivity index (χ4n) is 3.18. The summed E-state index contributed by atoms with van der Waals surface area (Å²) in [6, 6.07) is 8.96. The molecule has 26 heavy (non-hydrogen) atoms. The van der Waals surface area contributed by atoms with Gasteiger partial charge in [0, 0.05) is 37.3 Å². The molecule has 0 aliphatic carbocycles. The molecular weight excluding hydrogens is 334 g/mol. The molecule has 0 unspecified atom stereocenters. The Morgan fingerprint density at radius 1 is 1.23 bits per heavy atom. The highest BCUT2D eigenvalue weighted by molar-refractivity contribution is 5.99. The van der Waals surface area contributed by atoms with Gasteiger partial charge in [-0.2, -0.15) is 0 Å². The summed E-state index contributed by atoms with van der Waals surface area (Å²) >= 11 is 0. The van der Waals surface area contributed by atoms with Crippen LogP contribution in [0.3, 0.4) is 0 Å². The second kappa shape index (κ2) is 7.51. The largest absolute Gasteiger partial charge is 0.481 e. The molecule has 1 N–H and O–H groups in total. The van der Waals surface area contributed by atoms with Crippen molar-refractivity contribution < 1.29 is 19.5 Å². The number of piperidine rings is 1. The minimum atomic E-state index is -0.810. The van der Waals surface area contributed by atoms with Crippen molar-refractivity contribution >= 4 is 28.7 Å². The van der Waals surface area contributed by atoms with Crippen LogP contribution < -0.4 is 0 Å². The smallest absolute Gasteiger partial charge is 0.306 e. The highest BCUT2D eigenvalue weighted by Crippen LogP contribution is 2.18. The van der Waals surface area contributed by atoms with Gasteiger partial charge in [-0.3, -0.25) is 19.4 Å². The molecule has 2 heterocycles. The minimum absolute atomic E-state index is 0.0261. The first kappa shape index (κ1) is 17.8. The lowest BCUT2D eigenvalue weighted by atomic mass is 9.97. The van der Waals surface area contributed by atoms with Crippen LogP contribution in [-0.4, -0.2) is 64.4 Å². The van der Waals surface area contributed by atoms with Gasteiger partial charge in [-0.25, -0.2) is 0 Å². The number of carbonyl (C=O) groups excluding carboxylic acids is 2. The Morgan fingerprint density at radius 2 is 1.96 bits per heavy atom. The molecule has 136 valence electrons. The maximum atomic E-state index is 12.6. The monoisotopic (exact) mass is 355 g/mol. The fourth-order valence-corrected chi connectivity index (χ4v) is 3.18. The number of hydrogen-bond acceptors (Lipinski definition) is 4. The van der Waals surface area contributed by atoms with Crippen LogP contribution in [-0.2, 0) is 9.59 Å². The number of pyridine rings is 1. The molecule has 0 atom stereocenters. The van der Waals surface area contributed by atoms with Crippen LogP contribution in [0.25, 0.3) is 10.9 Å². The summed E-state index contributed by atoms with van der Waals surface area (Å²) in [6.07, 6.45) is 2.61. The van der Waals surface area contributed by atoms with Gasteiger partial charge in [0.05, 0.1) is 18.0 Å². The quantitative estimate of drug-likeness (QED) is 0.900.